The van der Waals surface area contributed by atoms with Crippen LogP contribution in [-0.2, 0) is 0 Å². The second kappa shape index (κ2) is 6.45. The van der Waals surface area contributed by atoms with Crippen LogP contribution in [0.4, 0.5) is 0 Å². The fourth-order valence-electron chi connectivity index (χ4n) is 2.20. The molecule has 0 aliphatic heterocycles. The molecule has 0 amide bonds. The highest BCUT2D eigenvalue weighted by Gasteiger charge is 2.13. The fraction of sp³-hybridized carbons (Fsp3) is 0.111. The summed E-state index contributed by atoms with van der Waals surface area (Å²) in [5.74, 6) is 0.644. The summed E-state index contributed by atoms with van der Waals surface area (Å²) in [6.07, 6.45) is 0. The van der Waals surface area contributed by atoms with Crippen molar-refractivity contribution in [3.05, 3.63) is 64.5 Å². The van der Waals surface area contributed by atoms with E-state index in [-0.39, 0.29) is 11.3 Å². The molecule has 6 nitrogen and oxygen atoms in total. The van der Waals surface area contributed by atoms with Crippen molar-refractivity contribution in [2.75, 3.05) is 14.2 Å². The maximum Gasteiger partial charge on any atom is 0.343 e. The zero-order valence-electron chi connectivity index (χ0n) is 13.1. The molecule has 122 valence electrons. The first-order valence-electron chi connectivity index (χ1n) is 7.08. The van der Waals surface area contributed by atoms with Crippen LogP contribution in [0.5, 0.6) is 17.2 Å². The van der Waals surface area contributed by atoms with Gasteiger partial charge in [-0.05, 0) is 30.3 Å². The number of carbonyl (C=O) groups is 1. The molecule has 0 bridgehead atoms. The second-order valence-electron chi connectivity index (χ2n) is 4.94. The van der Waals surface area contributed by atoms with Gasteiger partial charge in [0.2, 0.25) is 0 Å². The van der Waals surface area contributed by atoms with Crippen LogP contribution in [0.25, 0.3) is 11.0 Å². The average molecular weight is 326 g/mol. The summed E-state index contributed by atoms with van der Waals surface area (Å²) in [6, 6.07) is 12.5. The molecule has 1 aromatic heterocycles. The number of fused-ring (bicyclic) bond motifs is 1. The molecule has 0 radical (unpaired) electrons. The number of benzene rings is 2. The zero-order chi connectivity index (χ0) is 17.1. The van der Waals surface area contributed by atoms with Crippen molar-refractivity contribution in [1.29, 1.82) is 0 Å². The number of esters is 1. The Bertz CT molecular complexity index is 935. The molecular weight excluding hydrogens is 312 g/mol. The van der Waals surface area contributed by atoms with Gasteiger partial charge in [-0.3, -0.25) is 0 Å². The van der Waals surface area contributed by atoms with E-state index in [0.717, 1.165) is 5.39 Å². The third kappa shape index (κ3) is 3.22. The van der Waals surface area contributed by atoms with Crippen molar-refractivity contribution in [1.82, 2.24) is 0 Å². The molecule has 0 atom stereocenters. The van der Waals surface area contributed by atoms with Crippen molar-refractivity contribution in [3.63, 3.8) is 0 Å². The van der Waals surface area contributed by atoms with Gasteiger partial charge < -0.3 is 18.6 Å². The van der Waals surface area contributed by atoms with E-state index in [1.165, 1.54) is 26.4 Å². The van der Waals surface area contributed by atoms with E-state index in [0.29, 0.717) is 17.1 Å². The van der Waals surface area contributed by atoms with E-state index in [4.69, 9.17) is 18.6 Å². The summed E-state index contributed by atoms with van der Waals surface area (Å²) in [5.41, 5.74) is 0.153. The van der Waals surface area contributed by atoms with Crippen LogP contribution in [0.3, 0.4) is 0 Å². The topological polar surface area (TPSA) is 75.0 Å². The summed E-state index contributed by atoms with van der Waals surface area (Å²) in [7, 11) is 2.99. The minimum absolute atomic E-state index is 0.267. The van der Waals surface area contributed by atoms with Gasteiger partial charge in [0.1, 0.15) is 22.8 Å². The Balaban J connectivity index is 1.90. The Morgan fingerprint density at radius 3 is 2.21 bits per heavy atom. The molecule has 0 N–H and O–H groups in total. The molecule has 0 aliphatic carbocycles. The van der Waals surface area contributed by atoms with Gasteiger partial charge in [-0.15, -0.1) is 0 Å². The molecule has 0 unspecified atom stereocenters. The summed E-state index contributed by atoms with van der Waals surface area (Å²) in [4.78, 5) is 23.6. The van der Waals surface area contributed by atoms with E-state index in [1.54, 1.807) is 36.4 Å². The van der Waals surface area contributed by atoms with Gasteiger partial charge in [-0.1, -0.05) is 0 Å². The van der Waals surface area contributed by atoms with Crippen LogP contribution in [0.2, 0.25) is 0 Å². The highest BCUT2D eigenvalue weighted by molar-refractivity contribution is 5.92. The fourth-order valence-corrected chi connectivity index (χ4v) is 2.20. The van der Waals surface area contributed by atoms with E-state index >= 15 is 0 Å². The number of carbonyl (C=O) groups excluding carboxylic acids is 1. The molecule has 0 aliphatic rings. The summed E-state index contributed by atoms with van der Waals surface area (Å²) in [6.45, 7) is 0. The van der Waals surface area contributed by atoms with Crippen molar-refractivity contribution < 1.29 is 23.4 Å². The van der Waals surface area contributed by atoms with Crippen LogP contribution in [0.15, 0.2) is 57.7 Å². The largest absolute Gasteiger partial charge is 0.497 e. The van der Waals surface area contributed by atoms with Gasteiger partial charge in [-0.2, -0.15) is 0 Å². The first-order chi connectivity index (χ1) is 11.6. The highest BCUT2D eigenvalue weighted by atomic mass is 16.5. The third-order valence-electron chi connectivity index (χ3n) is 3.39. The Labute approximate surface area is 137 Å². The molecule has 0 fully saturated rings. The number of hydrogen-bond acceptors (Lipinski definition) is 6. The van der Waals surface area contributed by atoms with Crippen molar-refractivity contribution in [2.24, 2.45) is 0 Å². The predicted octanol–water partition coefficient (Wildman–Crippen LogP) is 3.03. The summed E-state index contributed by atoms with van der Waals surface area (Å²) in [5, 5.41) is 0.734. The quantitative estimate of drug-likeness (QED) is 0.417. The van der Waals surface area contributed by atoms with E-state index in [9.17, 15) is 9.59 Å². The third-order valence-corrected chi connectivity index (χ3v) is 3.39. The number of methoxy groups -OCH3 is 2. The molecule has 3 rings (SSSR count). The maximum atomic E-state index is 12.3. The van der Waals surface area contributed by atoms with Gasteiger partial charge in [0.15, 0.2) is 0 Å². The van der Waals surface area contributed by atoms with Crippen LogP contribution in [0.1, 0.15) is 10.4 Å². The van der Waals surface area contributed by atoms with Crippen LogP contribution < -0.4 is 19.8 Å². The van der Waals surface area contributed by atoms with Gasteiger partial charge in [0.25, 0.3) is 0 Å². The number of rotatable bonds is 4. The molecule has 0 spiro atoms. The van der Waals surface area contributed by atoms with E-state index < -0.39 is 11.6 Å². The van der Waals surface area contributed by atoms with Gasteiger partial charge in [-0.25, -0.2) is 9.59 Å². The lowest BCUT2D eigenvalue weighted by Crippen LogP contribution is -2.09. The number of ether oxygens (including phenoxy) is 3. The Kier molecular flexibility index (Phi) is 4.20. The van der Waals surface area contributed by atoms with Crippen LogP contribution in [0, 0.1) is 0 Å². The van der Waals surface area contributed by atoms with Crippen LogP contribution >= 0.6 is 0 Å². The van der Waals surface area contributed by atoms with E-state index in [2.05, 4.69) is 0 Å². The monoisotopic (exact) mass is 326 g/mol. The van der Waals surface area contributed by atoms with Gasteiger partial charge in [0, 0.05) is 23.6 Å². The van der Waals surface area contributed by atoms with Crippen molar-refractivity contribution >= 4 is 16.9 Å². The Morgan fingerprint density at radius 2 is 1.54 bits per heavy atom. The molecule has 3 aromatic rings. The standard InChI is InChI=1S/C18H14O6/c1-21-14-7-12(8-15(9-14)22-2)18(20)23-13-5-3-11-4-6-17(19)24-16(11)10-13/h3-10H,1-2H3. The van der Waals surface area contributed by atoms with Crippen LogP contribution in [-0.4, -0.2) is 20.2 Å². The normalized spacial score (nSPS) is 10.4. The van der Waals surface area contributed by atoms with Gasteiger partial charge >= 0.3 is 11.6 Å². The molecule has 1 heterocycles. The van der Waals surface area contributed by atoms with Crippen molar-refractivity contribution in [3.8, 4) is 17.2 Å². The first kappa shape index (κ1) is 15.6. The molecule has 0 saturated heterocycles. The second-order valence-corrected chi connectivity index (χ2v) is 4.94. The molecule has 2 aromatic carbocycles. The van der Waals surface area contributed by atoms with Gasteiger partial charge in [0.05, 0.1) is 19.8 Å². The Morgan fingerprint density at radius 1 is 0.875 bits per heavy atom. The van der Waals surface area contributed by atoms with E-state index in [1.807, 2.05) is 0 Å². The minimum Gasteiger partial charge on any atom is -0.497 e. The molecular formula is C18H14O6. The lowest BCUT2D eigenvalue weighted by molar-refractivity contribution is 0.0734. The zero-order valence-corrected chi connectivity index (χ0v) is 13.1. The Hall–Kier alpha value is -3.28. The smallest absolute Gasteiger partial charge is 0.343 e. The molecule has 6 heteroatoms. The van der Waals surface area contributed by atoms with Crippen molar-refractivity contribution in [2.45, 2.75) is 0 Å². The summed E-state index contributed by atoms with van der Waals surface area (Å²) < 4.78 is 20.7. The lowest BCUT2D eigenvalue weighted by Gasteiger charge is -2.09. The SMILES string of the molecule is COc1cc(OC)cc(C(=O)Oc2ccc3ccc(=O)oc3c2)c1. The highest BCUT2D eigenvalue weighted by Crippen LogP contribution is 2.25. The minimum atomic E-state index is -0.579. The first-order valence-corrected chi connectivity index (χ1v) is 7.08. The number of hydrogen-bond donors (Lipinski definition) is 0. The average Bonchev–Trinajstić information content (AvgIpc) is 2.60. The predicted molar refractivity (Wildman–Crippen MR) is 87.0 cm³/mol. The molecule has 24 heavy (non-hydrogen) atoms. The maximum absolute atomic E-state index is 12.3. The lowest BCUT2D eigenvalue weighted by atomic mass is 10.2. The molecule has 0 saturated carbocycles. The summed E-state index contributed by atoms with van der Waals surface area (Å²) >= 11 is 0.